The van der Waals surface area contributed by atoms with Crippen molar-refractivity contribution in [2.45, 2.75) is 97.3 Å². The average Bonchev–Trinajstić information content (AvgIpc) is 2.76. The van der Waals surface area contributed by atoms with E-state index >= 15 is 0 Å². The minimum atomic E-state index is -0.825. The molecule has 1 nitrogen and oxygen atoms in total. The monoisotopic (exact) mass is 406 g/mol. The van der Waals surface area contributed by atoms with Gasteiger partial charge in [-0.05, 0) is 80.2 Å². The van der Waals surface area contributed by atoms with E-state index in [1.807, 2.05) is 6.92 Å². The third kappa shape index (κ3) is 6.18. The molecule has 0 aliphatic heterocycles. The number of rotatable bonds is 9. The summed E-state index contributed by atoms with van der Waals surface area (Å²) in [6.45, 7) is 4.63. The fourth-order valence-electron chi connectivity index (χ4n) is 5.62. The summed E-state index contributed by atoms with van der Waals surface area (Å²) < 4.78 is 33.8. The highest BCUT2D eigenvalue weighted by Crippen LogP contribution is 2.42. The summed E-state index contributed by atoms with van der Waals surface area (Å²) >= 11 is 0. The molecule has 2 saturated carbocycles. The second-order valence-electron chi connectivity index (χ2n) is 9.57. The Morgan fingerprint density at radius 3 is 2.00 bits per heavy atom. The number of unbranched alkanes of at least 4 members (excludes halogenated alkanes) is 2. The van der Waals surface area contributed by atoms with Gasteiger partial charge in [0.15, 0.2) is 11.6 Å². The molecule has 0 amide bonds. The third-order valence-corrected chi connectivity index (χ3v) is 7.65. The van der Waals surface area contributed by atoms with E-state index in [-0.39, 0.29) is 5.75 Å². The largest absolute Gasteiger partial charge is 0.490 e. The van der Waals surface area contributed by atoms with Crippen molar-refractivity contribution in [2.75, 3.05) is 6.61 Å². The zero-order chi connectivity index (χ0) is 20.6. The lowest BCUT2D eigenvalue weighted by atomic mass is 9.69. The Labute approximate surface area is 176 Å². The maximum atomic E-state index is 14.1. The van der Waals surface area contributed by atoms with Crippen LogP contribution in [0.4, 0.5) is 8.78 Å². The summed E-state index contributed by atoms with van der Waals surface area (Å²) in [5.74, 6) is 1.76. The minimum absolute atomic E-state index is 0.0724. The number of ether oxygens (including phenoxy) is 1. The van der Waals surface area contributed by atoms with E-state index in [4.69, 9.17) is 4.74 Å². The van der Waals surface area contributed by atoms with Gasteiger partial charge >= 0.3 is 0 Å². The molecule has 0 atom stereocenters. The van der Waals surface area contributed by atoms with Crippen molar-refractivity contribution in [1.29, 1.82) is 0 Å². The Bertz CT molecular complexity index is 613. The van der Waals surface area contributed by atoms with E-state index < -0.39 is 11.6 Å². The summed E-state index contributed by atoms with van der Waals surface area (Å²) in [5, 5.41) is 0. The van der Waals surface area contributed by atoms with Crippen LogP contribution in [0.1, 0.15) is 96.5 Å². The van der Waals surface area contributed by atoms with Gasteiger partial charge in [0.25, 0.3) is 0 Å². The van der Waals surface area contributed by atoms with E-state index in [9.17, 15) is 8.78 Å². The van der Waals surface area contributed by atoms with Crippen LogP contribution in [0.3, 0.4) is 0 Å². The van der Waals surface area contributed by atoms with Gasteiger partial charge < -0.3 is 4.74 Å². The first-order valence-corrected chi connectivity index (χ1v) is 12.2. The van der Waals surface area contributed by atoms with Crippen molar-refractivity contribution < 1.29 is 13.5 Å². The lowest BCUT2D eigenvalue weighted by Gasteiger charge is -2.38. The first-order valence-electron chi connectivity index (χ1n) is 12.2. The second-order valence-corrected chi connectivity index (χ2v) is 9.57. The first-order chi connectivity index (χ1) is 14.1. The molecule has 164 valence electrons. The molecule has 1 aromatic carbocycles. The van der Waals surface area contributed by atoms with E-state index in [2.05, 4.69) is 6.92 Å². The maximum absolute atomic E-state index is 14.1. The molecule has 0 bridgehead atoms. The van der Waals surface area contributed by atoms with E-state index in [1.54, 1.807) is 12.1 Å². The van der Waals surface area contributed by atoms with Crippen LogP contribution in [0.2, 0.25) is 0 Å². The van der Waals surface area contributed by atoms with E-state index in [0.717, 1.165) is 30.6 Å². The molecule has 2 aliphatic rings. The van der Waals surface area contributed by atoms with Crippen LogP contribution in [0, 0.1) is 35.3 Å². The molecular formula is C26H40F2O. The summed E-state index contributed by atoms with van der Waals surface area (Å²) in [5.41, 5.74) is 0.412. The standard InChI is InChI=1S/C26H40F2O/c1-3-5-6-7-19-8-12-22(13-9-19)23-14-10-20(11-15-23)18-29-24-17-16-21(4-2)25(27)26(24)28/h16-17,19-20,22-23H,3-15,18H2,1-2H3. The van der Waals surface area contributed by atoms with E-state index in [1.165, 1.54) is 64.2 Å². The predicted octanol–water partition coefficient (Wildman–Crippen LogP) is 8.10. The number of aryl methyl sites for hydroxylation is 1. The van der Waals surface area contributed by atoms with Crippen LogP contribution >= 0.6 is 0 Å². The SMILES string of the molecule is CCCCCC1CCC(C2CCC(COc3ccc(CC)c(F)c3F)CC2)CC1. The van der Waals surface area contributed by atoms with Gasteiger partial charge in [0.2, 0.25) is 5.82 Å². The van der Waals surface area contributed by atoms with Crippen molar-refractivity contribution in [2.24, 2.45) is 23.7 Å². The molecule has 0 saturated heterocycles. The normalized spacial score (nSPS) is 27.7. The van der Waals surface area contributed by atoms with Crippen LogP contribution in [-0.2, 0) is 6.42 Å². The highest BCUT2D eigenvalue weighted by molar-refractivity contribution is 5.31. The molecule has 0 N–H and O–H groups in total. The van der Waals surface area contributed by atoms with Gasteiger partial charge in [-0.3, -0.25) is 0 Å². The Kier molecular flexibility index (Phi) is 8.81. The number of halogens is 2. The molecule has 0 spiro atoms. The Morgan fingerprint density at radius 2 is 1.41 bits per heavy atom. The van der Waals surface area contributed by atoms with Gasteiger partial charge in [-0.15, -0.1) is 0 Å². The van der Waals surface area contributed by atoms with Crippen molar-refractivity contribution >= 4 is 0 Å². The van der Waals surface area contributed by atoms with Gasteiger partial charge in [-0.2, -0.15) is 4.39 Å². The fourth-order valence-corrected chi connectivity index (χ4v) is 5.62. The molecule has 2 aliphatic carbocycles. The molecular weight excluding hydrogens is 366 g/mol. The van der Waals surface area contributed by atoms with Gasteiger partial charge in [-0.25, -0.2) is 4.39 Å². The number of hydrogen-bond acceptors (Lipinski definition) is 1. The van der Waals surface area contributed by atoms with Crippen LogP contribution in [0.15, 0.2) is 12.1 Å². The van der Waals surface area contributed by atoms with E-state index in [0.29, 0.717) is 24.5 Å². The topological polar surface area (TPSA) is 9.23 Å². The quantitative estimate of drug-likeness (QED) is 0.376. The van der Waals surface area contributed by atoms with Crippen molar-refractivity contribution in [3.05, 3.63) is 29.3 Å². The highest BCUT2D eigenvalue weighted by Gasteiger charge is 2.31. The molecule has 2 fully saturated rings. The Morgan fingerprint density at radius 1 is 0.793 bits per heavy atom. The summed E-state index contributed by atoms with van der Waals surface area (Å²) in [6, 6.07) is 3.23. The minimum Gasteiger partial charge on any atom is -0.490 e. The van der Waals surface area contributed by atoms with Crippen molar-refractivity contribution in [1.82, 2.24) is 0 Å². The molecule has 1 aromatic rings. The first kappa shape index (κ1) is 22.6. The zero-order valence-corrected chi connectivity index (χ0v) is 18.5. The van der Waals surface area contributed by atoms with Gasteiger partial charge in [0.1, 0.15) is 0 Å². The van der Waals surface area contributed by atoms with Gasteiger partial charge in [0.05, 0.1) is 6.61 Å². The van der Waals surface area contributed by atoms with Crippen molar-refractivity contribution in [3.63, 3.8) is 0 Å². The fraction of sp³-hybridized carbons (Fsp3) is 0.769. The summed E-state index contributed by atoms with van der Waals surface area (Å²) in [4.78, 5) is 0. The average molecular weight is 407 g/mol. The van der Waals surface area contributed by atoms with Crippen molar-refractivity contribution in [3.8, 4) is 5.75 Å². The molecule has 3 heteroatoms. The highest BCUT2D eigenvalue weighted by atomic mass is 19.2. The third-order valence-electron chi connectivity index (χ3n) is 7.65. The maximum Gasteiger partial charge on any atom is 0.200 e. The molecule has 0 aromatic heterocycles. The second kappa shape index (κ2) is 11.3. The lowest BCUT2D eigenvalue weighted by molar-refractivity contribution is 0.120. The molecule has 0 unspecified atom stereocenters. The Balaban J connectivity index is 1.37. The van der Waals surface area contributed by atoms with Crippen LogP contribution in [0.25, 0.3) is 0 Å². The smallest absolute Gasteiger partial charge is 0.200 e. The molecule has 0 heterocycles. The molecule has 29 heavy (non-hydrogen) atoms. The lowest BCUT2D eigenvalue weighted by Crippen LogP contribution is -2.27. The zero-order valence-electron chi connectivity index (χ0n) is 18.5. The molecule has 3 rings (SSSR count). The van der Waals surface area contributed by atoms with Gasteiger partial charge in [-0.1, -0.05) is 58.4 Å². The number of hydrogen-bond donors (Lipinski definition) is 0. The van der Waals surface area contributed by atoms with Crippen LogP contribution in [0.5, 0.6) is 5.75 Å². The molecule has 0 radical (unpaired) electrons. The summed E-state index contributed by atoms with van der Waals surface area (Å²) in [6.07, 6.45) is 16.7. The van der Waals surface area contributed by atoms with Crippen LogP contribution in [-0.4, -0.2) is 6.61 Å². The summed E-state index contributed by atoms with van der Waals surface area (Å²) in [7, 11) is 0. The Hall–Kier alpha value is -1.12. The number of benzene rings is 1. The predicted molar refractivity (Wildman–Crippen MR) is 116 cm³/mol. The van der Waals surface area contributed by atoms with Crippen LogP contribution < -0.4 is 4.74 Å². The van der Waals surface area contributed by atoms with Gasteiger partial charge in [0, 0.05) is 0 Å².